The third-order valence-electron chi connectivity index (χ3n) is 6.31. The number of nitrogens with one attached hydrogen (secondary N) is 3. The predicted molar refractivity (Wildman–Crippen MR) is 140 cm³/mol. The Morgan fingerprint density at radius 1 is 1.06 bits per heavy atom. The molecule has 2 aromatic rings. The highest BCUT2D eigenvalue weighted by Gasteiger charge is 2.29. The number of nitrogens with zero attached hydrogens (tertiary/aromatic N) is 3. The number of hydrogen-bond acceptors (Lipinski definition) is 6. The molecule has 4 rings (SSSR count). The zero-order valence-corrected chi connectivity index (χ0v) is 21.5. The van der Waals surface area contributed by atoms with Gasteiger partial charge in [-0.15, -0.1) is 0 Å². The van der Waals surface area contributed by atoms with Crippen LogP contribution in [0.25, 0.3) is 0 Å². The number of hydrogen-bond donors (Lipinski definition) is 3. The lowest BCUT2D eigenvalue weighted by Gasteiger charge is -2.31. The maximum atomic E-state index is 12.6. The summed E-state index contributed by atoms with van der Waals surface area (Å²) in [6, 6.07) is 6.68. The van der Waals surface area contributed by atoms with Crippen LogP contribution in [-0.4, -0.2) is 46.8 Å². The number of thiocarbonyl (C=S) groups is 1. The SMILES string of the molecule is CN(C)c1nc(N[C@H]2CC[C@@H](NC(=S)Nc3cccc(SC(F)(F)F)c3)CC2)nc2c1CCCC2. The first-order chi connectivity index (χ1) is 16.7. The van der Waals surface area contributed by atoms with Crippen molar-refractivity contribution in [2.45, 2.75) is 73.9 Å². The van der Waals surface area contributed by atoms with Gasteiger partial charge in [0.25, 0.3) is 0 Å². The van der Waals surface area contributed by atoms with Crippen molar-refractivity contribution in [3.05, 3.63) is 35.5 Å². The number of fused-ring (bicyclic) bond motifs is 1. The fourth-order valence-electron chi connectivity index (χ4n) is 4.70. The van der Waals surface area contributed by atoms with Crippen LogP contribution >= 0.6 is 24.0 Å². The van der Waals surface area contributed by atoms with E-state index in [0.717, 1.165) is 44.3 Å². The maximum absolute atomic E-state index is 12.6. The van der Waals surface area contributed by atoms with Crippen molar-refractivity contribution in [2.24, 2.45) is 0 Å². The van der Waals surface area contributed by atoms with E-state index in [0.29, 0.717) is 22.8 Å². The number of rotatable bonds is 6. The van der Waals surface area contributed by atoms with Crippen molar-refractivity contribution in [3.8, 4) is 0 Å². The summed E-state index contributed by atoms with van der Waals surface area (Å²) >= 11 is 5.27. The van der Waals surface area contributed by atoms with Gasteiger partial charge in [-0.05, 0) is 93.5 Å². The van der Waals surface area contributed by atoms with Crippen LogP contribution in [0.5, 0.6) is 0 Å². The molecule has 3 N–H and O–H groups in total. The molecule has 2 aliphatic carbocycles. The molecule has 6 nitrogen and oxygen atoms in total. The molecular formula is C24H31F3N6S2. The summed E-state index contributed by atoms with van der Waals surface area (Å²) in [6.07, 6.45) is 8.17. The number of aryl methyl sites for hydroxylation is 1. The summed E-state index contributed by atoms with van der Waals surface area (Å²) in [5, 5.41) is 10.3. The fourth-order valence-corrected chi connectivity index (χ4v) is 5.58. The van der Waals surface area contributed by atoms with Gasteiger partial charge in [0.05, 0.1) is 5.69 Å². The van der Waals surface area contributed by atoms with Gasteiger partial charge in [0.2, 0.25) is 5.95 Å². The van der Waals surface area contributed by atoms with Crippen molar-refractivity contribution in [1.29, 1.82) is 0 Å². The van der Waals surface area contributed by atoms with Gasteiger partial charge in [-0.3, -0.25) is 0 Å². The quantitative estimate of drug-likeness (QED) is 0.327. The van der Waals surface area contributed by atoms with Crippen molar-refractivity contribution < 1.29 is 13.2 Å². The highest BCUT2D eigenvalue weighted by molar-refractivity contribution is 8.00. The van der Waals surface area contributed by atoms with Gasteiger partial charge in [0.1, 0.15) is 5.82 Å². The molecule has 0 radical (unpaired) electrons. The van der Waals surface area contributed by atoms with Crippen LogP contribution < -0.4 is 20.9 Å². The number of halogens is 3. The molecule has 0 atom stereocenters. The summed E-state index contributed by atoms with van der Waals surface area (Å²) in [5.74, 6) is 1.72. The van der Waals surface area contributed by atoms with Gasteiger partial charge < -0.3 is 20.9 Å². The molecular weight excluding hydrogens is 493 g/mol. The van der Waals surface area contributed by atoms with E-state index >= 15 is 0 Å². The van der Waals surface area contributed by atoms with Crippen molar-refractivity contribution in [3.63, 3.8) is 0 Å². The second-order valence-corrected chi connectivity index (χ2v) is 10.8. The third-order valence-corrected chi connectivity index (χ3v) is 7.25. The summed E-state index contributed by atoms with van der Waals surface area (Å²) in [6.45, 7) is 0. The van der Waals surface area contributed by atoms with Crippen LogP contribution in [0.1, 0.15) is 49.8 Å². The minimum absolute atomic E-state index is 0.124. The van der Waals surface area contributed by atoms with E-state index in [1.54, 1.807) is 12.1 Å². The van der Waals surface area contributed by atoms with Crippen molar-refractivity contribution in [1.82, 2.24) is 15.3 Å². The van der Waals surface area contributed by atoms with E-state index in [-0.39, 0.29) is 22.7 Å². The molecule has 1 aromatic carbocycles. The summed E-state index contributed by atoms with van der Waals surface area (Å²) in [4.78, 5) is 11.8. The fraction of sp³-hybridized carbons (Fsp3) is 0.542. The van der Waals surface area contributed by atoms with Gasteiger partial charge >= 0.3 is 5.51 Å². The zero-order chi connectivity index (χ0) is 25.0. The van der Waals surface area contributed by atoms with E-state index in [2.05, 4.69) is 20.9 Å². The third kappa shape index (κ3) is 7.36. The Balaban J connectivity index is 1.28. The molecule has 0 spiro atoms. The van der Waals surface area contributed by atoms with Crippen LogP contribution in [0, 0.1) is 0 Å². The summed E-state index contributed by atoms with van der Waals surface area (Å²) in [5.41, 5.74) is -1.33. The highest BCUT2D eigenvalue weighted by atomic mass is 32.2. The van der Waals surface area contributed by atoms with Crippen LogP contribution in [0.3, 0.4) is 0 Å². The second-order valence-electron chi connectivity index (χ2n) is 9.26. The van der Waals surface area contributed by atoms with Crippen molar-refractivity contribution >= 4 is 46.5 Å². The molecule has 2 aliphatic rings. The largest absolute Gasteiger partial charge is 0.446 e. The Morgan fingerprint density at radius 2 is 1.77 bits per heavy atom. The first kappa shape index (κ1) is 25.8. The first-order valence-corrected chi connectivity index (χ1v) is 13.2. The van der Waals surface area contributed by atoms with E-state index < -0.39 is 5.51 Å². The Bertz CT molecular complexity index is 1040. The van der Waals surface area contributed by atoms with Gasteiger partial charge in [-0.2, -0.15) is 18.2 Å². The normalized spacial score (nSPS) is 20.0. The molecule has 0 unspecified atom stereocenters. The average Bonchev–Trinajstić information content (AvgIpc) is 2.79. The second kappa shape index (κ2) is 11.2. The lowest BCUT2D eigenvalue weighted by molar-refractivity contribution is -0.0328. The lowest BCUT2D eigenvalue weighted by Crippen LogP contribution is -2.42. The van der Waals surface area contributed by atoms with Crippen LogP contribution in [0.2, 0.25) is 0 Å². The minimum Gasteiger partial charge on any atom is -0.362 e. The Hall–Kier alpha value is -2.27. The molecule has 11 heteroatoms. The number of alkyl halides is 3. The predicted octanol–water partition coefficient (Wildman–Crippen LogP) is 5.74. The van der Waals surface area contributed by atoms with Crippen LogP contribution in [0.4, 0.5) is 30.6 Å². The molecule has 1 fully saturated rings. The van der Waals surface area contributed by atoms with Gasteiger partial charge in [0.15, 0.2) is 5.11 Å². The van der Waals surface area contributed by atoms with Crippen molar-refractivity contribution in [2.75, 3.05) is 29.6 Å². The van der Waals surface area contributed by atoms with Gasteiger partial charge in [-0.1, -0.05) is 6.07 Å². The maximum Gasteiger partial charge on any atom is 0.446 e. The van der Waals surface area contributed by atoms with E-state index in [1.807, 2.05) is 14.1 Å². The summed E-state index contributed by atoms with van der Waals surface area (Å²) in [7, 11) is 4.06. The Labute approximate surface area is 213 Å². The molecule has 190 valence electrons. The van der Waals surface area contributed by atoms with E-state index in [1.165, 1.54) is 36.2 Å². The molecule has 1 heterocycles. The minimum atomic E-state index is -4.32. The average molecular weight is 525 g/mol. The molecule has 35 heavy (non-hydrogen) atoms. The first-order valence-electron chi connectivity index (χ1n) is 11.9. The molecule has 0 bridgehead atoms. The number of aromatic nitrogens is 2. The lowest BCUT2D eigenvalue weighted by atomic mass is 9.91. The smallest absolute Gasteiger partial charge is 0.362 e. The van der Waals surface area contributed by atoms with E-state index in [9.17, 15) is 13.2 Å². The molecule has 1 aromatic heterocycles. The van der Waals surface area contributed by atoms with Crippen LogP contribution in [0.15, 0.2) is 29.2 Å². The Kier molecular flexibility index (Phi) is 8.26. The number of anilines is 3. The van der Waals surface area contributed by atoms with Crippen LogP contribution in [-0.2, 0) is 12.8 Å². The van der Waals surface area contributed by atoms with Gasteiger partial charge in [0, 0.05) is 42.3 Å². The zero-order valence-electron chi connectivity index (χ0n) is 19.9. The Morgan fingerprint density at radius 3 is 2.49 bits per heavy atom. The molecule has 0 saturated heterocycles. The summed E-state index contributed by atoms with van der Waals surface area (Å²) < 4.78 is 37.9. The monoisotopic (exact) mass is 524 g/mol. The molecule has 0 amide bonds. The number of thioether (sulfide) groups is 1. The standard InChI is InChI=1S/C24H31F3N6S2/c1-33(2)21-19-8-3-4-9-20(19)31-22(32-21)28-15-10-12-16(13-11-15)29-23(34)30-17-6-5-7-18(14-17)35-24(25,26)27/h5-7,14-16H,3-4,8-13H2,1-2H3,(H,28,31,32)(H2,29,30,34)/t15-,16+. The van der Waals surface area contributed by atoms with Gasteiger partial charge in [-0.25, -0.2) is 4.98 Å². The van der Waals surface area contributed by atoms with E-state index in [4.69, 9.17) is 22.2 Å². The topological polar surface area (TPSA) is 65.1 Å². The molecule has 1 saturated carbocycles. The number of benzene rings is 1. The highest BCUT2D eigenvalue weighted by Crippen LogP contribution is 2.37. The molecule has 0 aliphatic heterocycles.